The smallest absolute Gasteiger partial charge is 0.262 e. The van der Waals surface area contributed by atoms with Gasteiger partial charge in [0.15, 0.2) is 5.17 Å². The van der Waals surface area contributed by atoms with Crippen molar-refractivity contribution in [2.24, 2.45) is 4.99 Å². The quantitative estimate of drug-likeness (QED) is 0.514. The Hall–Kier alpha value is -3.53. The van der Waals surface area contributed by atoms with Crippen molar-refractivity contribution in [2.45, 2.75) is 24.5 Å². The first-order valence-electron chi connectivity index (χ1n) is 11.5. The summed E-state index contributed by atoms with van der Waals surface area (Å²) in [4.78, 5) is 43.2. The maximum Gasteiger partial charge on any atom is 0.262 e. The van der Waals surface area contributed by atoms with E-state index in [1.165, 1.54) is 11.8 Å². The van der Waals surface area contributed by atoms with Gasteiger partial charge in [-0.2, -0.15) is 4.99 Å². The summed E-state index contributed by atoms with van der Waals surface area (Å²) in [5.74, 6) is 0.606. The number of hydrogen-bond donors (Lipinski definition) is 2. The SMILES string of the molecule is COc1cccc(OCCNC(=O)c2ccc(NC(=O)CC3SC(N4CCCC4)=NC3=O)cc2)c1. The second-order valence-corrected chi connectivity index (χ2v) is 9.32. The molecule has 2 aromatic rings. The molecule has 1 saturated heterocycles. The van der Waals surface area contributed by atoms with E-state index >= 15 is 0 Å². The fourth-order valence-electron chi connectivity index (χ4n) is 3.76. The number of benzene rings is 2. The lowest BCUT2D eigenvalue weighted by molar-refractivity contribution is -0.121. The van der Waals surface area contributed by atoms with Crippen LogP contribution in [0, 0.1) is 0 Å². The molecule has 2 aliphatic rings. The molecular formula is C25H28N4O5S. The van der Waals surface area contributed by atoms with Crippen molar-refractivity contribution in [1.29, 1.82) is 0 Å². The highest BCUT2D eigenvalue weighted by molar-refractivity contribution is 8.15. The lowest BCUT2D eigenvalue weighted by atomic mass is 10.2. The number of likely N-dealkylation sites (tertiary alicyclic amines) is 1. The molecule has 1 unspecified atom stereocenters. The van der Waals surface area contributed by atoms with Crippen molar-refractivity contribution < 1.29 is 23.9 Å². The van der Waals surface area contributed by atoms with E-state index in [4.69, 9.17) is 9.47 Å². The third-order valence-electron chi connectivity index (χ3n) is 5.60. The lowest BCUT2D eigenvalue weighted by Gasteiger charge is -2.16. The Morgan fingerprint density at radius 1 is 1.11 bits per heavy atom. The zero-order valence-electron chi connectivity index (χ0n) is 19.5. The normalized spacial score (nSPS) is 17.2. The van der Waals surface area contributed by atoms with Gasteiger partial charge in [-0.1, -0.05) is 17.8 Å². The second-order valence-electron chi connectivity index (χ2n) is 8.15. The van der Waals surface area contributed by atoms with Crippen molar-refractivity contribution in [3.63, 3.8) is 0 Å². The number of carbonyl (C=O) groups is 3. The molecule has 4 rings (SSSR count). The molecule has 1 atom stereocenters. The fraction of sp³-hybridized carbons (Fsp3) is 0.360. The van der Waals surface area contributed by atoms with E-state index in [1.807, 2.05) is 18.2 Å². The van der Waals surface area contributed by atoms with Gasteiger partial charge in [-0.15, -0.1) is 0 Å². The number of methoxy groups -OCH3 is 1. The Morgan fingerprint density at radius 2 is 1.86 bits per heavy atom. The van der Waals surface area contributed by atoms with Crippen molar-refractivity contribution >= 4 is 40.3 Å². The molecule has 0 aromatic heterocycles. The zero-order valence-corrected chi connectivity index (χ0v) is 20.3. The van der Waals surface area contributed by atoms with E-state index in [1.54, 1.807) is 37.4 Å². The minimum Gasteiger partial charge on any atom is -0.497 e. The predicted octanol–water partition coefficient (Wildman–Crippen LogP) is 2.93. The molecule has 0 radical (unpaired) electrons. The number of rotatable bonds is 9. The molecule has 2 aromatic carbocycles. The van der Waals surface area contributed by atoms with Crippen LogP contribution in [0.25, 0.3) is 0 Å². The predicted molar refractivity (Wildman–Crippen MR) is 135 cm³/mol. The summed E-state index contributed by atoms with van der Waals surface area (Å²) >= 11 is 1.37. The summed E-state index contributed by atoms with van der Waals surface area (Å²) in [6.07, 6.45) is 2.26. The summed E-state index contributed by atoms with van der Waals surface area (Å²) in [6.45, 7) is 2.47. The van der Waals surface area contributed by atoms with Gasteiger partial charge in [0.25, 0.3) is 11.8 Å². The highest BCUT2D eigenvalue weighted by Gasteiger charge is 2.33. The number of ether oxygens (including phenoxy) is 2. The summed E-state index contributed by atoms with van der Waals surface area (Å²) in [5, 5.41) is 5.83. The topological polar surface area (TPSA) is 109 Å². The minimum atomic E-state index is -0.491. The van der Waals surface area contributed by atoms with Crippen LogP contribution in [0.3, 0.4) is 0 Å². The zero-order chi connectivity index (χ0) is 24.6. The average molecular weight is 497 g/mol. The highest BCUT2D eigenvalue weighted by atomic mass is 32.2. The molecule has 35 heavy (non-hydrogen) atoms. The molecule has 0 spiro atoms. The molecule has 2 heterocycles. The van der Waals surface area contributed by atoms with Crippen molar-refractivity contribution in [3.8, 4) is 11.5 Å². The van der Waals surface area contributed by atoms with E-state index in [0.717, 1.165) is 31.1 Å². The summed E-state index contributed by atoms with van der Waals surface area (Å²) in [7, 11) is 1.59. The van der Waals surface area contributed by atoms with Crippen LogP contribution in [-0.2, 0) is 9.59 Å². The number of aliphatic imine (C=N–C) groups is 1. The Labute approximate surface area is 208 Å². The van der Waals surface area contributed by atoms with E-state index in [-0.39, 0.29) is 24.1 Å². The molecule has 3 amide bonds. The van der Waals surface area contributed by atoms with Crippen LogP contribution in [0.1, 0.15) is 29.6 Å². The van der Waals surface area contributed by atoms with Crippen LogP contribution in [0.4, 0.5) is 5.69 Å². The third kappa shape index (κ3) is 6.75. The average Bonchev–Trinajstić information content (AvgIpc) is 3.52. The van der Waals surface area contributed by atoms with Crippen molar-refractivity contribution in [1.82, 2.24) is 10.2 Å². The molecule has 10 heteroatoms. The van der Waals surface area contributed by atoms with E-state index < -0.39 is 5.25 Å². The first-order valence-corrected chi connectivity index (χ1v) is 12.4. The molecule has 0 aliphatic carbocycles. The van der Waals surface area contributed by atoms with Gasteiger partial charge in [0.1, 0.15) is 23.4 Å². The first kappa shape index (κ1) is 24.6. The van der Waals surface area contributed by atoms with Crippen LogP contribution >= 0.6 is 11.8 Å². The monoisotopic (exact) mass is 496 g/mol. The van der Waals surface area contributed by atoms with Crippen LogP contribution < -0.4 is 20.1 Å². The van der Waals surface area contributed by atoms with Crippen LogP contribution in [0.15, 0.2) is 53.5 Å². The molecule has 2 N–H and O–H groups in total. The molecular weight excluding hydrogens is 468 g/mol. The number of amidine groups is 1. The molecule has 184 valence electrons. The molecule has 2 aliphatic heterocycles. The first-order chi connectivity index (χ1) is 17.0. The van der Waals surface area contributed by atoms with E-state index in [2.05, 4.69) is 20.5 Å². The van der Waals surface area contributed by atoms with Crippen LogP contribution in [0.5, 0.6) is 11.5 Å². The van der Waals surface area contributed by atoms with Gasteiger partial charge in [0, 0.05) is 36.8 Å². The van der Waals surface area contributed by atoms with Crippen LogP contribution in [-0.4, -0.2) is 66.4 Å². The Morgan fingerprint density at radius 3 is 2.60 bits per heavy atom. The van der Waals surface area contributed by atoms with Gasteiger partial charge < -0.3 is 25.0 Å². The van der Waals surface area contributed by atoms with Crippen LogP contribution in [0.2, 0.25) is 0 Å². The molecule has 1 fully saturated rings. The summed E-state index contributed by atoms with van der Waals surface area (Å²) in [6, 6.07) is 13.8. The Kier molecular flexibility index (Phi) is 8.25. The van der Waals surface area contributed by atoms with Gasteiger partial charge in [-0.3, -0.25) is 14.4 Å². The van der Waals surface area contributed by atoms with Crippen molar-refractivity contribution in [3.05, 3.63) is 54.1 Å². The maximum absolute atomic E-state index is 12.5. The van der Waals surface area contributed by atoms with Gasteiger partial charge in [0.05, 0.1) is 13.7 Å². The standard InChI is InChI=1S/C25H28N4O5S/c1-33-19-5-4-6-20(15-19)34-14-11-26-23(31)17-7-9-18(10-8-17)27-22(30)16-21-24(32)28-25(35-21)29-12-2-3-13-29/h4-10,15,21H,2-3,11-14,16H2,1H3,(H,26,31)(H,27,30). The second kappa shape index (κ2) is 11.7. The fourth-order valence-corrected chi connectivity index (χ4v) is 4.88. The minimum absolute atomic E-state index is 0.0554. The van der Waals surface area contributed by atoms with Gasteiger partial charge in [-0.25, -0.2) is 0 Å². The maximum atomic E-state index is 12.5. The molecule has 0 saturated carbocycles. The summed E-state index contributed by atoms with van der Waals surface area (Å²) in [5.41, 5.74) is 1.03. The third-order valence-corrected chi connectivity index (χ3v) is 6.82. The number of nitrogens with one attached hydrogen (secondary N) is 2. The Balaban J connectivity index is 1.18. The number of amides is 3. The van der Waals surface area contributed by atoms with Gasteiger partial charge in [0.2, 0.25) is 5.91 Å². The van der Waals surface area contributed by atoms with E-state index in [0.29, 0.717) is 35.9 Å². The Bertz CT molecular complexity index is 1100. The largest absolute Gasteiger partial charge is 0.497 e. The highest BCUT2D eigenvalue weighted by Crippen LogP contribution is 2.29. The number of carbonyl (C=O) groups excluding carboxylic acids is 3. The number of nitrogens with zero attached hydrogens (tertiary/aromatic N) is 2. The lowest BCUT2D eigenvalue weighted by Crippen LogP contribution is -2.28. The van der Waals surface area contributed by atoms with Gasteiger partial charge >= 0.3 is 0 Å². The summed E-state index contributed by atoms with van der Waals surface area (Å²) < 4.78 is 10.8. The molecule has 9 nitrogen and oxygen atoms in total. The number of anilines is 1. The van der Waals surface area contributed by atoms with Crippen molar-refractivity contribution in [2.75, 3.05) is 38.7 Å². The number of thioether (sulfide) groups is 1. The number of hydrogen-bond acceptors (Lipinski definition) is 7. The molecule has 0 bridgehead atoms. The van der Waals surface area contributed by atoms with Gasteiger partial charge in [-0.05, 0) is 49.2 Å². The van der Waals surface area contributed by atoms with E-state index in [9.17, 15) is 14.4 Å².